The first-order valence-corrected chi connectivity index (χ1v) is 12.4. The Morgan fingerprint density at radius 3 is 2.36 bits per heavy atom. The summed E-state index contributed by atoms with van der Waals surface area (Å²) in [5.41, 5.74) is 3.95. The number of aromatic nitrogens is 2. The van der Waals surface area contributed by atoms with Gasteiger partial charge in [-0.3, -0.25) is 4.79 Å². The number of aliphatic carboxylic acids is 1. The van der Waals surface area contributed by atoms with Gasteiger partial charge < -0.3 is 25.0 Å². The van der Waals surface area contributed by atoms with Gasteiger partial charge in [-0.1, -0.05) is 44.2 Å². The number of carbonyl (C=O) groups excluding carboxylic acids is 2. The summed E-state index contributed by atoms with van der Waals surface area (Å²) in [6.45, 7) is 6.20. The van der Waals surface area contributed by atoms with E-state index in [2.05, 4.69) is 5.10 Å². The first-order valence-electron chi connectivity index (χ1n) is 12.4. The number of aliphatic hydroxyl groups excluding tert-OH is 2. The predicted molar refractivity (Wildman–Crippen MR) is 140 cm³/mol. The molecule has 0 fully saturated rings. The summed E-state index contributed by atoms with van der Waals surface area (Å²) in [6.07, 6.45) is -0.256. The van der Waals surface area contributed by atoms with Crippen molar-refractivity contribution >= 4 is 18.0 Å². The van der Waals surface area contributed by atoms with Crippen molar-refractivity contribution in [3.8, 4) is 5.69 Å². The molecule has 8 nitrogen and oxygen atoms in total. The zero-order chi connectivity index (χ0) is 28.0. The predicted octanol–water partition coefficient (Wildman–Crippen LogP) is -0.0155. The summed E-state index contributed by atoms with van der Waals surface area (Å²) in [6, 6.07) is 13.4. The SMILES string of the molecule is Cc1ccccc1CN(C)C(=O)c1nn(-c2ccc(F)cc2)c(/C=C/[C@@H](O)C[C@@H](O)CC(=O)[O-])c1C(C)C.[Na+]. The Bertz CT molecular complexity index is 1310. The minimum atomic E-state index is -1.41. The largest absolute Gasteiger partial charge is 1.00 e. The summed E-state index contributed by atoms with van der Waals surface area (Å²) >= 11 is 0. The Labute approximate surface area is 250 Å². The number of nitrogens with zero attached hydrogens (tertiary/aromatic N) is 3. The molecule has 0 bridgehead atoms. The summed E-state index contributed by atoms with van der Waals surface area (Å²) < 4.78 is 15.2. The van der Waals surface area contributed by atoms with Crippen molar-refractivity contribution in [2.75, 3.05) is 7.05 Å². The number of benzene rings is 2. The number of aryl methyl sites for hydroxylation is 1. The molecule has 1 heterocycles. The number of rotatable bonds is 11. The molecule has 3 aromatic rings. The van der Waals surface area contributed by atoms with Gasteiger partial charge in [-0.25, -0.2) is 9.07 Å². The number of carboxylic acid groups (broad SMARTS) is 1. The Morgan fingerprint density at radius 1 is 1.13 bits per heavy atom. The zero-order valence-corrected chi connectivity index (χ0v) is 25.0. The Balaban J connectivity index is 0.00000533. The average Bonchev–Trinajstić information content (AvgIpc) is 3.23. The zero-order valence-electron chi connectivity index (χ0n) is 23.0. The maximum absolute atomic E-state index is 13.6. The van der Waals surface area contributed by atoms with E-state index in [-0.39, 0.29) is 53.5 Å². The van der Waals surface area contributed by atoms with Gasteiger partial charge in [0.1, 0.15) is 5.82 Å². The second-order valence-electron chi connectivity index (χ2n) is 9.67. The third-order valence-corrected chi connectivity index (χ3v) is 6.22. The van der Waals surface area contributed by atoms with E-state index in [1.165, 1.54) is 35.0 Å². The van der Waals surface area contributed by atoms with E-state index in [1.54, 1.807) is 18.0 Å². The van der Waals surface area contributed by atoms with Crippen molar-refractivity contribution in [1.29, 1.82) is 0 Å². The smallest absolute Gasteiger partial charge is 0.550 e. The molecule has 0 aliphatic heterocycles. The van der Waals surface area contributed by atoms with Crippen molar-refractivity contribution < 1.29 is 58.9 Å². The molecule has 1 amide bonds. The molecule has 0 aliphatic rings. The van der Waals surface area contributed by atoms with E-state index in [0.29, 0.717) is 23.5 Å². The third kappa shape index (κ3) is 8.58. The van der Waals surface area contributed by atoms with Gasteiger partial charge in [0.25, 0.3) is 5.91 Å². The molecule has 2 N–H and O–H groups in total. The van der Waals surface area contributed by atoms with E-state index >= 15 is 0 Å². The van der Waals surface area contributed by atoms with Gasteiger partial charge in [0.05, 0.1) is 23.6 Å². The monoisotopic (exact) mass is 545 g/mol. The molecule has 3 rings (SSSR count). The quantitative estimate of drug-likeness (QED) is 0.327. The summed E-state index contributed by atoms with van der Waals surface area (Å²) in [5, 5.41) is 35.6. The Kier molecular flexibility index (Phi) is 12.1. The van der Waals surface area contributed by atoms with Crippen LogP contribution in [0.1, 0.15) is 65.5 Å². The minimum Gasteiger partial charge on any atom is -0.550 e. The number of amides is 1. The van der Waals surface area contributed by atoms with Gasteiger partial charge in [0.2, 0.25) is 0 Å². The molecule has 0 unspecified atom stereocenters. The van der Waals surface area contributed by atoms with Gasteiger partial charge in [0.15, 0.2) is 5.69 Å². The van der Waals surface area contributed by atoms with E-state index in [0.717, 1.165) is 11.1 Å². The minimum absolute atomic E-state index is 0. The van der Waals surface area contributed by atoms with Gasteiger partial charge in [-0.2, -0.15) is 5.10 Å². The number of halogens is 1. The molecule has 39 heavy (non-hydrogen) atoms. The summed E-state index contributed by atoms with van der Waals surface area (Å²) in [5.74, 6) is -2.27. The molecule has 202 valence electrons. The van der Waals surface area contributed by atoms with Gasteiger partial charge >= 0.3 is 29.6 Å². The Hall–Kier alpha value is -2.82. The van der Waals surface area contributed by atoms with Crippen LogP contribution in [0.3, 0.4) is 0 Å². The van der Waals surface area contributed by atoms with Crippen molar-refractivity contribution in [1.82, 2.24) is 14.7 Å². The Morgan fingerprint density at radius 2 is 1.77 bits per heavy atom. The summed E-state index contributed by atoms with van der Waals surface area (Å²) in [7, 11) is 1.70. The maximum Gasteiger partial charge on any atom is 1.00 e. The van der Waals surface area contributed by atoms with Crippen molar-refractivity contribution in [3.63, 3.8) is 0 Å². The molecule has 0 spiro atoms. The molecular formula is C29H33FN3NaO5. The van der Waals surface area contributed by atoms with E-state index < -0.39 is 30.4 Å². The number of carboxylic acids is 1. The normalized spacial score (nSPS) is 12.8. The topological polar surface area (TPSA) is 119 Å². The van der Waals surface area contributed by atoms with Crippen LogP contribution < -0.4 is 34.7 Å². The van der Waals surface area contributed by atoms with E-state index in [4.69, 9.17) is 0 Å². The van der Waals surface area contributed by atoms with Crippen molar-refractivity contribution in [2.45, 2.75) is 58.3 Å². The fourth-order valence-electron chi connectivity index (χ4n) is 4.24. The molecule has 10 heteroatoms. The van der Waals surface area contributed by atoms with Gasteiger partial charge in [-0.15, -0.1) is 0 Å². The van der Waals surface area contributed by atoms with Crippen LogP contribution in [0, 0.1) is 12.7 Å². The molecule has 2 aromatic carbocycles. The number of hydrogen-bond donors (Lipinski definition) is 2. The van der Waals surface area contributed by atoms with Crippen molar-refractivity contribution in [2.24, 2.45) is 0 Å². The first-order chi connectivity index (χ1) is 18.0. The average molecular weight is 546 g/mol. The molecule has 1 aromatic heterocycles. The molecule has 0 saturated heterocycles. The third-order valence-electron chi connectivity index (χ3n) is 6.22. The second kappa shape index (κ2) is 14.5. The van der Waals surface area contributed by atoms with Crippen LogP contribution in [0.25, 0.3) is 11.8 Å². The maximum atomic E-state index is 13.6. The fourth-order valence-corrected chi connectivity index (χ4v) is 4.24. The van der Waals surface area contributed by atoms with Crippen LogP contribution in [0.4, 0.5) is 4.39 Å². The molecule has 0 radical (unpaired) electrons. The van der Waals surface area contributed by atoms with E-state index in [9.17, 15) is 29.3 Å². The van der Waals surface area contributed by atoms with E-state index in [1.807, 2.05) is 45.0 Å². The van der Waals surface area contributed by atoms with Crippen LogP contribution >= 0.6 is 0 Å². The van der Waals surface area contributed by atoms with Gasteiger partial charge in [0, 0.05) is 38.0 Å². The summed E-state index contributed by atoms with van der Waals surface area (Å²) in [4.78, 5) is 26.0. The number of hydrogen-bond acceptors (Lipinski definition) is 6. The van der Waals surface area contributed by atoms with Crippen molar-refractivity contribution in [3.05, 3.63) is 88.5 Å². The number of aliphatic hydroxyl groups is 2. The van der Waals surface area contributed by atoms with Crippen LogP contribution in [0.5, 0.6) is 0 Å². The van der Waals surface area contributed by atoms with Gasteiger partial charge in [-0.05, 0) is 54.3 Å². The van der Waals surface area contributed by atoms with Crippen LogP contribution in [-0.2, 0) is 11.3 Å². The molecule has 0 saturated carbocycles. The molecular weight excluding hydrogens is 512 g/mol. The first kappa shape index (κ1) is 32.4. The van der Waals surface area contributed by atoms with Crippen LogP contribution in [-0.4, -0.2) is 56.0 Å². The molecule has 2 atom stereocenters. The number of carbonyl (C=O) groups is 2. The standard InChI is InChI=1S/C29H34FN3O5.Na/c1-18(2)27-25(14-13-23(34)15-24(35)16-26(36)37)33(22-11-9-21(30)10-12-22)31-28(27)29(38)32(4)17-20-8-6-5-7-19(20)3;/h5-14,18,23-24,34-35H,15-17H2,1-4H3,(H,36,37);/q;+1/p-1/b14-13+;/t23-,24-;/m1./s1. The fraction of sp³-hybridized carbons (Fsp3) is 0.345. The van der Waals surface area contributed by atoms with Crippen LogP contribution in [0.2, 0.25) is 0 Å². The van der Waals surface area contributed by atoms with Crippen LogP contribution in [0.15, 0.2) is 54.6 Å². The molecule has 0 aliphatic carbocycles. The second-order valence-corrected chi connectivity index (χ2v) is 9.67.